The van der Waals surface area contributed by atoms with E-state index in [1.54, 1.807) is 7.11 Å². The number of alkyl carbamates (subject to hydrolysis) is 1. The Labute approximate surface area is 147 Å². The molecule has 1 aromatic heterocycles. The van der Waals surface area contributed by atoms with Crippen LogP contribution >= 0.6 is 0 Å². The Bertz CT molecular complexity index is 654. The van der Waals surface area contributed by atoms with Gasteiger partial charge in [-0.2, -0.15) is 0 Å². The number of ether oxygens (including phenoxy) is 2. The zero-order valence-electron chi connectivity index (χ0n) is 14.5. The molecule has 1 spiro atoms. The molecular formula is C17H25N5O3. The molecule has 2 aliphatic heterocycles. The van der Waals surface area contributed by atoms with Crippen molar-refractivity contribution >= 4 is 11.9 Å². The lowest BCUT2D eigenvalue weighted by Gasteiger charge is -2.38. The minimum absolute atomic E-state index is 0.286. The predicted octanol–water partition coefficient (Wildman–Crippen LogP) is 0.906. The van der Waals surface area contributed by atoms with E-state index in [4.69, 9.17) is 15.2 Å². The zero-order chi connectivity index (χ0) is 17.4. The first kappa shape index (κ1) is 16.5. The van der Waals surface area contributed by atoms with Gasteiger partial charge in [0, 0.05) is 56.8 Å². The molecule has 2 saturated heterocycles. The van der Waals surface area contributed by atoms with Crippen LogP contribution in [-0.4, -0.2) is 54.4 Å². The van der Waals surface area contributed by atoms with Gasteiger partial charge in [0.15, 0.2) is 5.82 Å². The molecule has 3 fully saturated rings. The van der Waals surface area contributed by atoms with E-state index in [1.165, 1.54) is 0 Å². The lowest BCUT2D eigenvalue weighted by Crippen LogP contribution is -2.47. The Morgan fingerprint density at radius 2 is 2.16 bits per heavy atom. The quantitative estimate of drug-likeness (QED) is 0.834. The molecule has 1 amide bonds. The van der Waals surface area contributed by atoms with Gasteiger partial charge in [-0.3, -0.25) is 0 Å². The van der Waals surface area contributed by atoms with E-state index in [9.17, 15) is 4.79 Å². The van der Waals surface area contributed by atoms with Crippen molar-refractivity contribution in [2.24, 2.45) is 5.73 Å². The van der Waals surface area contributed by atoms with Gasteiger partial charge in [-0.15, -0.1) is 0 Å². The van der Waals surface area contributed by atoms with Crippen molar-refractivity contribution in [2.45, 2.75) is 49.9 Å². The fourth-order valence-corrected chi connectivity index (χ4v) is 3.90. The van der Waals surface area contributed by atoms with E-state index in [0.29, 0.717) is 24.9 Å². The molecule has 3 heterocycles. The molecule has 0 radical (unpaired) electrons. The first-order valence-corrected chi connectivity index (χ1v) is 8.91. The number of hydrogen-bond donors (Lipinski definition) is 2. The third-order valence-corrected chi connectivity index (χ3v) is 5.51. The van der Waals surface area contributed by atoms with E-state index >= 15 is 0 Å². The molecule has 0 atom stereocenters. The summed E-state index contributed by atoms with van der Waals surface area (Å²) in [6, 6.07) is 2.38. The monoisotopic (exact) mass is 347 g/mol. The van der Waals surface area contributed by atoms with Gasteiger partial charge in [-0.25, -0.2) is 14.8 Å². The summed E-state index contributed by atoms with van der Waals surface area (Å²) in [5.41, 5.74) is 6.65. The van der Waals surface area contributed by atoms with Crippen LogP contribution in [0, 0.1) is 0 Å². The lowest BCUT2D eigenvalue weighted by molar-refractivity contribution is 0.0365. The standard InChI is InChI=1S/C17H25N5O3/c1-24-9-14-20-13(11-6-12(18)7-11)8-15(21-14)22-4-2-17(3-5-22)10-19-16(23)25-17/h8,11-12H,2-7,9-10,18H2,1H3,(H,19,23). The van der Waals surface area contributed by atoms with E-state index in [0.717, 1.165) is 50.3 Å². The summed E-state index contributed by atoms with van der Waals surface area (Å²) < 4.78 is 10.7. The molecule has 4 rings (SSSR count). The van der Waals surface area contributed by atoms with Crippen molar-refractivity contribution in [3.05, 3.63) is 17.6 Å². The molecule has 136 valence electrons. The summed E-state index contributed by atoms with van der Waals surface area (Å²) >= 11 is 0. The number of carbonyl (C=O) groups excluding carboxylic acids is 1. The van der Waals surface area contributed by atoms with Crippen LogP contribution in [0.2, 0.25) is 0 Å². The molecular weight excluding hydrogens is 322 g/mol. The van der Waals surface area contributed by atoms with Gasteiger partial charge < -0.3 is 25.4 Å². The van der Waals surface area contributed by atoms with Gasteiger partial charge in [-0.1, -0.05) is 0 Å². The first-order chi connectivity index (χ1) is 12.1. The maximum atomic E-state index is 11.4. The predicted molar refractivity (Wildman–Crippen MR) is 91.4 cm³/mol. The summed E-state index contributed by atoms with van der Waals surface area (Å²) in [6.07, 6.45) is 3.26. The first-order valence-electron chi connectivity index (χ1n) is 8.91. The fourth-order valence-electron chi connectivity index (χ4n) is 3.90. The summed E-state index contributed by atoms with van der Waals surface area (Å²) in [5, 5.41) is 2.77. The number of hydrogen-bond acceptors (Lipinski definition) is 7. The summed E-state index contributed by atoms with van der Waals surface area (Å²) in [5.74, 6) is 2.07. The number of amides is 1. The molecule has 0 unspecified atom stereocenters. The average Bonchev–Trinajstić information content (AvgIpc) is 2.93. The Morgan fingerprint density at radius 1 is 1.40 bits per heavy atom. The van der Waals surface area contributed by atoms with Crippen LogP contribution in [-0.2, 0) is 16.1 Å². The maximum Gasteiger partial charge on any atom is 0.407 e. The largest absolute Gasteiger partial charge is 0.441 e. The van der Waals surface area contributed by atoms with Crippen LogP contribution in [0.15, 0.2) is 6.07 Å². The smallest absolute Gasteiger partial charge is 0.407 e. The van der Waals surface area contributed by atoms with Crippen LogP contribution in [0.5, 0.6) is 0 Å². The molecule has 1 aliphatic carbocycles. The lowest BCUT2D eigenvalue weighted by atomic mass is 9.78. The van der Waals surface area contributed by atoms with Crippen molar-refractivity contribution in [1.82, 2.24) is 15.3 Å². The fraction of sp³-hybridized carbons (Fsp3) is 0.706. The highest BCUT2D eigenvalue weighted by atomic mass is 16.6. The van der Waals surface area contributed by atoms with Gasteiger partial charge in [-0.05, 0) is 12.8 Å². The molecule has 8 heteroatoms. The van der Waals surface area contributed by atoms with Crippen LogP contribution in [0.25, 0.3) is 0 Å². The second-order valence-electron chi connectivity index (χ2n) is 7.34. The Morgan fingerprint density at radius 3 is 2.76 bits per heavy atom. The molecule has 25 heavy (non-hydrogen) atoms. The van der Waals surface area contributed by atoms with Gasteiger partial charge in [0.2, 0.25) is 0 Å². The van der Waals surface area contributed by atoms with Crippen LogP contribution < -0.4 is 16.0 Å². The maximum absolute atomic E-state index is 11.4. The van der Waals surface area contributed by atoms with Crippen molar-refractivity contribution in [3.8, 4) is 0 Å². The molecule has 3 aliphatic rings. The summed E-state index contributed by atoms with van der Waals surface area (Å²) in [4.78, 5) is 23.0. The van der Waals surface area contributed by atoms with Crippen molar-refractivity contribution in [3.63, 3.8) is 0 Å². The molecule has 0 bridgehead atoms. The highest BCUT2D eigenvalue weighted by Gasteiger charge is 2.43. The zero-order valence-corrected chi connectivity index (χ0v) is 14.5. The minimum Gasteiger partial charge on any atom is -0.441 e. The second kappa shape index (κ2) is 6.42. The number of nitrogens with two attached hydrogens (primary N) is 1. The average molecular weight is 347 g/mol. The molecule has 1 aromatic rings. The number of carbonyl (C=O) groups is 1. The Balaban J connectivity index is 1.50. The van der Waals surface area contributed by atoms with E-state index < -0.39 is 0 Å². The Hall–Kier alpha value is -1.93. The van der Waals surface area contributed by atoms with Crippen molar-refractivity contribution in [2.75, 3.05) is 31.6 Å². The van der Waals surface area contributed by atoms with Crippen molar-refractivity contribution in [1.29, 1.82) is 0 Å². The molecule has 3 N–H and O–H groups in total. The van der Waals surface area contributed by atoms with E-state index in [2.05, 4.69) is 26.3 Å². The molecule has 0 aromatic carbocycles. The van der Waals surface area contributed by atoms with Gasteiger partial charge in [0.1, 0.15) is 18.0 Å². The SMILES string of the molecule is COCc1nc(C2CC(N)C2)cc(N2CCC3(CC2)CNC(=O)O3)n1. The van der Waals surface area contributed by atoms with Crippen LogP contribution in [0.1, 0.15) is 43.1 Å². The topological polar surface area (TPSA) is 103 Å². The number of aromatic nitrogens is 2. The number of nitrogens with one attached hydrogen (secondary N) is 1. The van der Waals surface area contributed by atoms with Crippen molar-refractivity contribution < 1.29 is 14.3 Å². The third-order valence-electron chi connectivity index (χ3n) is 5.51. The highest BCUT2D eigenvalue weighted by molar-refractivity contribution is 5.70. The molecule has 8 nitrogen and oxygen atoms in total. The normalized spacial score (nSPS) is 27.8. The van der Waals surface area contributed by atoms with E-state index in [-0.39, 0.29) is 17.7 Å². The van der Waals surface area contributed by atoms with Gasteiger partial charge in [0.05, 0.1) is 6.54 Å². The highest BCUT2D eigenvalue weighted by Crippen LogP contribution is 2.37. The second-order valence-corrected chi connectivity index (χ2v) is 7.34. The summed E-state index contributed by atoms with van der Waals surface area (Å²) in [7, 11) is 1.65. The number of piperidine rings is 1. The minimum atomic E-state index is -0.348. The van der Waals surface area contributed by atoms with E-state index in [1.807, 2.05) is 0 Å². The van der Waals surface area contributed by atoms with Crippen LogP contribution in [0.3, 0.4) is 0 Å². The van der Waals surface area contributed by atoms with Gasteiger partial charge in [0.25, 0.3) is 0 Å². The number of nitrogens with zero attached hydrogens (tertiary/aromatic N) is 3. The number of anilines is 1. The van der Waals surface area contributed by atoms with Gasteiger partial charge >= 0.3 is 6.09 Å². The van der Waals surface area contributed by atoms with Crippen LogP contribution in [0.4, 0.5) is 10.6 Å². The number of methoxy groups -OCH3 is 1. The molecule has 1 saturated carbocycles. The summed E-state index contributed by atoms with van der Waals surface area (Å²) in [6.45, 7) is 2.62. The third kappa shape index (κ3) is 3.28. The number of rotatable bonds is 4. The Kier molecular flexibility index (Phi) is 4.24.